The fourth-order valence-electron chi connectivity index (χ4n) is 1.70. The van der Waals surface area contributed by atoms with Gasteiger partial charge in [-0.15, -0.1) is 0 Å². The van der Waals surface area contributed by atoms with Crippen molar-refractivity contribution in [3.05, 3.63) is 40.4 Å². The average molecular weight is 345 g/mol. The van der Waals surface area contributed by atoms with Gasteiger partial charge in [-0.3, -0.25) is 4.79 Å². The molecule has 7 heteroatoms. The van der Waals surface area contributed by atoms with Crippen LogP contribution < -0.4 is 4.74 Å². The Morgan fingerprint density at radius 2 is 1.87 bits per heavy atom. The predicted molar refractivity (Wildman–Crippen MR) is 83.3 cm³/mol. The zero-order chi connectivity index (χ0) is 17.4. The van der Waals surface area contributed by atoms with Crippen molar-refractivity contribution in [1.82, 2.24) is 0 Å². The van der Waals surface area contributed by atoms with Crippen molar-refractivity contribution in [2.24, 2.45) is 0 Å². The summed E-state index contributed by atoms with van der Waals surface area (Å²) in [6, 6.07) is 2.12. The largest absolute Gasteiger partial charge is 0.500 e. The number of esters is 1. The quantitative estimate of drug-likeness (QED) is 0.180. The molecule has 23 heavy (non-hydrogen) atoms. The van der Waals surface area contributed by atoms with Crippen molar-refractivity contribution >= 4 is 23.4 Å². The maximum atomic E-state index is 13.7. The Bertz CT molecular complexity index is 613. The van der Waals surface area contributed by atoms with Crippen molar-refractivity contribution in [1.29, 1.82) is 0 Å². The molecule has 0 fully saturated rings. The predicted octanol–water partition coefficient (Wildman–Crippen LogP) is 3.54. The summed E-state index contributed by atoms with van der Waals surface area (Å²) in [6.45, 7) is 5.58. The summed E-state index contributed by atoms with van der Waals surface area (Å²) in [7, 11) is 0. The summed E-state index contributed by atoms with van der Waals surface area (Å²) in [5.41, 5.74) is -0.482. The van der Waals surface area contributed by atoms with Gasteiger partial charge in [0.2, 0.25) is 5.78 Å². The van der Waals surface area contributed by atoms with Gasteiger partial charge in [0.1, 0.15) is 23.4 Å². The van der Waals surface area contributed by atoms with Crippen LogP contribution in [0.1, 0.15) is 31.1 Å². The monoisotopic (exact) mass is 344 g/mol. The Labute approximate surface area is 139 Å². The van der Waals surface area contributed by atoms with Crippen LogP contribution in [0.2, 0.25) is 5.02 Å². The molecule has 0 saturated heterocycles. The summed E-state index contributed by atoms with van der Waals surface area (Å²) in [4.78, 5) is 24.5. The molecule has 0 radical (unpaired) electrons. The van der Waals surface area contributed by atoms with Crippen LogP contribution in [0.15, 0.2) is 24.0 Å². The van der Waals surface area contributed by atoms with Crippen LogP contribution >= 0.6 is 11.6 Å². The van der Waals surface area contributed by atoms with Gasteiger partial charge in [-0.25, -0.2) is 9.18 Å². The van der Waals surface area contributed by atoms with Gasteiger partial charge in [0.15, 0.2) is 0 Å². The van der Waals surface area contributed by atoms with Crippen LogP contribution in [-0.4, -0.2) is 31.6 Å². The minimum absolute atomic E-state index is 0.0793. The van der Waals surface area contributed by atoms with Crippen LogP contribution in [-0.2, 0) is 14.3 Å². The number of rotatable bonds is 8. The van der Waals surface area contributed by atoms with Crippen LogP contribution in [0.3, 0.4) is 0 Å². The summed E-state index contributed by atoms with van der Waals surface area (Å²) in [6.07, 6.45) is 1.00. The lowest BCUT2D eigenvalue weighted by Gasteiger charge is -2.12. The van der Waals surface area contributed by atoms with E-state index in [9.17, 15) is 14.0 Å². The minimum Gasteiger partial charge on any atom is -0.500 e. The Morgan fingerprint density at radius 3 is 2.43 bits per heavy atom. The zero-order valence-corrected chi connectivity index (χ0v) is 13.9. The van der Waals surface area contributed by atoms with Gasteiger partial charge in [0.25, 0.3) is 0 Å². The van der Waals surface area contributed by atoms with Gasteiger partial charge in [-0.05, 0) is 26.8 Å². The molecule has 0 spiro atoms. The molecule has 0 heterocycles. The maximum absolute atomic E-state index is 13.7. The molecule has 0 aliphatic heterocycles. The number of hydrogen-bond donors (Lipinski definition) is 0. The lowest BCUT2D eigenvalue weighted by molar-refractivity contribution is -0.138. The van der Waals surface area contributed by atoms with Crippen molar-refractivity contribution in [3.63, 3.8) is 0 Å². The van der Waals surface area contributed by atoms with Crippen LogP contribution in [0.25, 0.3) is 0 Å². The number of ketones is 1. The first kappa shape index (κ1) is 19.0. The number of halogens is 2. The molecule has 5 nitrogen and oxygen atoms in total. The topological polar surface area (TPSA) is 61.8 Å². The highest BCUT2D eigenvalue weighted by atomic mass is 35.5. The fourth-order valence-corrected chi connectivity index (χ4v) is 1.85. The second-order valence-electron chi connectivity index (χ2n) is 4.23. The molecule has 1 aromatic carbocycles. The molecule has 0 atom stereocenters. The number of carbonyl (C=O) groups is 2. The molecule has 0 aromatic heterocycles. The molecule has 0 bridgehead atoms. The first-order valence-corrected chi connectivity index (χ1v) is 7.49. The Kier molecular flexibility index (Phi) is 7.54. The molecule has 0 N–H and O–H groups in total. The van der Waals surface area contributed by atoms with E-state index in [1.807, 2.05) is 0 Å². The molecule has 0 aliphatic carbocycles. The second kappa shape index (κ2) is 9.15. The first-order valence-electron chi connectivity index (χ1n) is 7.11. The van der Waals surface area contributed by atoms with E-state index in [1.165, 1.54) is 6.07 Å². The van der Waals surface area contributed by atoms with E-state index >= 15 is 0 Å². The fraction of sp³-hybridized carbons (Fsp3) is 0.375. The molecule has 0 saturated carbocycles. The molecule has 1 rings (SSSR count). The number of benzene rings is 1. The smallest absolute Gasteiger partial charge is 0.345 e. The molecular weight excluding hydrogens is 327 g/mol. The summed E-state index contributed by atoms with van der Waals surface area (Å²) in [5, 5.41) is -0.184. The normalized spacial score (nSPS) is 11.1. The minimum atomic E-state index is -0.858. The highest BCUT2D eigenvalue weighted by Crippen LogP contribution is 2.28. The lowest BCUT2D eigenvalue weighted by Crippen LogP contribution is -2.18. The van der Waals surface area contributed by atoms with Crippen molar-refractivity contribution in [2.45, 2.75) is 20.8 Å². The molecule has 0 amide bonds. The lowest BCUT2D eigenvalue weighted by atomic mass is 10.0. The first-order chi connectivity index (χ1) is 11.0. The van der Waals surface area contributed by atoms with E-state index in [4.69, 9.17) is 25.8 Å². The number of hydrogen-bond acceptors (Lipinski definition) is 5. The Balaban J connectivity index is 3.32. The van der Waals surface area contributed by atoms with Gasteiger partial charge in [-0.2, -0.15) is 0 Å². The zero-order valence-electron chi connectivity index (χ0n) is 13.2. The van der Waals surface area contributed by atoms with E-state index in [0.717, 1.165) is 12.3 Å². The van der Waals surface area contributed by atoms with Gasteiger partial charge in [-0.1, -0.05) is 11.6 Å². The number of Topliss-reactive ketones (excluding diaryl/α,β-unsaturated/α-hetero) is 1. The summed E-state index contributed by atoms with van der Waals surface area (Å²) >= 11 is 5.70. The average Bonchev–Trinajstić information content (AvgIpc) is 2.51. The molecule has 0 unspecified atom stereocenters. The van der Waals surface area contributed by atoms with E-state index in [2.05, 4.69) is 0 Å². The van der Waals surface area contributed by atoms with Crippen LogP contribution in [0.5, 0.6) is 5.75 Å². The third-order valence-electron chi connectivity index (χ3n) is 2.67. The van der Waals surface area contributed by atoms with Crippen molar-refractivity contribution < 1.29 is 28.2 Å². The van der Waals surface area contributed by atoms with Gasteiger partial charge >= 0.3 is 5.97 Å². The van der Waals surface area contributed by atoms with E-state index < -0.39 is 17.6 Å². The molecule has 0 aliphatic rings. The highest BCUT2D eigenvalue weighted by Gasteiger charge is 2.26. The number of carbonyl (C=O) groups excluding carboxylic acids is 2. The summed E-state index contributed by atoms with van der Waals surface area (Å²) in [5.74, 6) is -2.34. The van der Waals surface area contributed by atoms with E-state index in [1.54, 1.807) is 20.8 Å². The van der Waals surface area contributed by atoms with Gasteiger partial charge in [0.05, 0.1) is 30.4 Å². The Morgan fingerprint density at radius 1 is 1.17 bits per heavy atom. The number of ether oxygens (including phenoxy) is 3. The second-order valence-corrected chi connectivity index (χ2v) is 4.64. The van der Waals surface area contributed by atoms with Crippen molar-refractivity contribution in [3.8, 4) is 5.75 Å². The Hall–Kier alpha value is -2.08. The van der Waals surface area contributed by atoms with Crippen molar-refractivity contribution in [2.75, 3.05) is 19.8 Å². The third kappa shape index (κ3) is 4.96. The van der Waals surface area contributed by atoms with Crippen LogP contribution in [0, 0.1) is 5.82 Å². The molecular formula is C16H18ClFO5. The van der Waals surface area contributed by atoms with Gasteiger partial charge < -0.3 is 14.2 Å². The van der Waals surface area contributed by atoms with E-state index in [-0.39, 0.29) is 41.7 Å². The highest BCUT2D eigenvalue weighted by molar-refractivity contribution is 6.31. The standard InChI is InChI=1S/C16H18ClFO5/c1-4-21-9-11(16(20)23-6-3)15(19)10-7-13(18)12(17)8-14(10)22-5-2/h7-9H,4-6H2,1-3H3/b11-9+. The summed E-state index contributed by atoms with van der Waals surface area (Å²) < 4.78 is 28.9. The molecule has 1 aromatic rings. The maximum Gasteiger partial charge on any atom is 0.345 e. The van der Waals surface area contributed by atoms with E-state index in [0.29, 0.717) is 0 Å². The SMILES string of the molecule is CCO/C=C(/C(=O)OCC)C(=O)c1cc(F)c(Cl)cc1OCC. The van der Waals surface area contributed by atoms with Crippen LogP contribution in [0.4, 0.5) is 4.39 Å². The van der Waals surface area contributed by atoms with Gasteiger partial charge in [0, 0.05) is 6.07 Å². The third-order valence-corrected chi connectivity index (χ3v) is 2.96. The molecule has 126 valence electrons.